The third kappa shape index (κ3) is 2.25. The summed E-state index contributed by atoms with van der Waals surface area (Å²) in [4.78, 5) is 0. The van der Waals surface area contributed by atoms with Crippen LogP contribution in [0.4, 0.5) is 0 Å². The van der Waals surface area contributed by atoms with Crippen molar-refractivity contribution in [1.29, 1.82) is 0 Å². The maximum absolute atomic E-state index is 6.24. The summed E-state index contributed by atoms with van der Waals surface area (Å²) in [5.41, 5.74) is 1.17. The van der Waals surface area contributed by atoms with Gasteiger partial charge >= 0.3 is 0 Å². The van der Waals surface area contributed by atoms with Gasteiger partial charge in [0.1, 0.15) is 0 Å². The van der Waals surface area contributed by atoms with E-state index in [9.17, 15) is 0 Å². The van der Waals surface area contributed by atoms with Crippen LogP contribution in [0.2, 0.25) is 5.02 Å². The summed E-state index contributed by atoms with van der Waals surface area (Å²) in [5.74, 6) is 0.705. The first-order valence-corrected chi connectivity index (χ1v) is 6.33. The Balaban J connectivity index is 2.31. The predicted octanol–water partition coefficient (Wildman–Crippen LogP) is 4.73. The van der Waals surface area contributed by atoms with Gasteiger partial charge in [0.15, 0.2) is 0 Å². The van der Waals surface area contributed by atoms with Crippen molar-refractivity contribution in [3.8, 4) is 0 Å². The number of benzene rings is 1. The average Bonchev–Trinajstić information content (AvgIpc) is 2.63. The Morgan fingerprint density at radius 1 is 1.31 bits per heavy atom. The molecule has 0 spiro atoms. The lowest BCUT2D eigenvalue weighted by molar-refractivity contribution is 0.453. The second-order valence-corrected chi connectivity index (χ2v) is 4.95. The van der Waals surface area contributed by atoms with E-state index in [1.807, 2.05) is 12.1 Å². The molecule has 1 aromatic heterocycles. The molecule has 0 aliphatic heterocycles. The fourth-order valence-electron chi connectivity index (χ4n) is 2.29. The molecule has 1 nitrogen and oxygen atoms in total. The van der Waals surface area contributed by atoms with Crippen LogP contribution >= 0.6 is 11.6 Å². The Kier molecular flexibility index (Phi) is 3.55. The Labute approximate surface area is 102 Å². The normalized spacial score (nSPS) is 13.2. The van der Waals surface area contributed by atoms with Crippen molar-refractivity contribution in [2.75, 3.05) is 0 Å². The number of rotatable bonds is 4. The summed E-state index contributed by atoms with van der Waals surface area (Å²) in [6.45, 7) is 5.59. The van der Waals surface area contributed by atoms with E-state index in [0.29, 0.717) is 5.92 Å². The van der Waals surface area contributed by atoms with Crippen LogP contribution in [-0.2, 0) is 6.54 Å². The minimum absolute atomic E-state index is 0.705. The fourth-order valence-corrected chi connectivity index (χ4v) is 2.58. The Bertz CT molecular complexity index is 473. The third-order valence-corrected chi connectivity index (χ3v) is 3.33. The molecule has 1 aromatic carbocycles. The summed E-state index contributed by atoms with van der Waals surface area (Å²) in [5, 5.41) is 2.09. The molecule has 0 bridgehead atoms. The molecular weight excluding hydrogens is 218 g/mol. The number of aromatic nitrogens is 1. The smallest absolute Gasteiger partial charge is 0.0669 e. The molecule has 0 radical (unpaired) electrons. The Morgan fingerprint density at radius 3 is 2.88 bits per heavy atom. The highest BCUT2D eigenvalue weighted by molar-refractivity contribution is 6.35. The molecule has 1 atom stereocenters. The van der Waals surface area contributed by atoms with Crippen LogP contribution in [0.1, 0.15) is 26.7 Å². The van der Waals surface area contributed by atoms with Gasteiger partial charge in [-0.1, -0.05) is 44.0 Å². The highest BCUT2D eigenvalue weighted by Crippen LogP contribution is 2.25. The number of fused-ring (bicyclic) bond motifs is 1. The second kappa shape index (κ2) is 4.92. The van der Waals surface area contributed by atoms with Crippen LogP contribution in [0, 0.1) is 5.92 Å². The van der Waals surface area contributed by atoms with Gasteiger partial charge in [-0.3, -0.25) is 0 Å². The second-order valence-electron chi connectivity index (χ2n) is 4.54. The maximum Gasteiger partial charge on any atom is 0.0669 e. The standard InChI is InChI=1S/C14H18ClN/c1-3-5-11(2)10-16-9-8-12-6-4-7-13(15)14(12)16/h4,6-9,11H,3,5,10H2,1-2H3. The minimum atomic E-state index is 0.705. The summed E-state index contributed by atoms with van der Waals surface area (Å²) in [7, 11) is 0. The van der Waals surface area contributed by atoms with Crippen LogP contribution in [0.25, 0.3) is 10.9 Å². The van der Waals surface area contributed by atoms with Crippen LogP contribution in [0.5, 0.6) is 0 Å². The summed E-state index contributed by atoms with van der Waals surface area (Å²) >= 11 is 6.24. The molecule has 0 saturated carbocycles. The molecule has 1 heterocycles. The first-order chi connectivity index (χ1) is 7.72. The van der Waals surface area contributed by atoms with Crippen LogP contribution < -0.4 is 0 Å². The third-order valence-electron chi connectivity index (χ3n) is 3.03. The van der Waals surface area contributed by atoms with Gasteiger partial charge in [0.05, 0.1) is 10.5 Å². The molecule has 0 aliphatic carbocycles. The zero-order chi connectivity index (χ0) is 11.5. The molecule has 2 rings (SSSR count). The van der Waals surface area contributed by atoms with Crippen molar-refractivity contribution in [2.24, 2.45) is 5.92 Å². The SMILES string of the molecule is CCCC(C)Cn1ccc2cccc(Cl)c21. The van der Waals surface area contributed by atoms with Gasteiger partial charge in [-0.25, -0.2) is 0 Å². The minimum Gasteiger partial charge on any atom is -0.346 e. The molecule has 1 unspecified atom stereocenters. The summed E-state index contributed by atoms with van der Waals surface area (Å²) in [6, 6.07) is 8.22. The van der Waals surface area contributed by atoms with Crippen LogP contribution in [-0.4, -0.2) is 4.57 Å². The molecule has 0 N–H and O–H groups in total. The zero-order valence-electron chi connectivity index (χ0n) is 9.91. The first-order valence-electron chi connectivity index (χ1n) is 5.95. The fraction of sp³-hybridized carbons (Fsp3) is 0.429. The monoisotopic (exact) mass is 235 g/mol. The van der Waals surface area contributed by atoms with E-state index in [4.69, 9.17) is 11.6 Å². The van der Waals surface area contributed by atoms with Gasteiger partial charge in [0.2, 0.25) is 0 Å². The van der Waals surface area contributed by atoms with E-state index < -0.39 is 0 Å². The van der Waals surface area contributed by atoms with E-state index >= 15 is 0 Å². The summed E-state index contributed by atoms with van der Waals surface area (Å²) < 4.78 is 2.28. The Hall–Kier alpha value is -0.950. The maximum atomic E-state index is 6.24. The lowest BCUT2D eigenvalue weighted by Crippen LogP contribution is -2.06. The van der Waals surface area contributed by atoms with E-state index in [2.05, 4.69) is 36.7 Å². The van der Waals surface area contributed by atoms with Gasteiger partial charge in [-0.2, -0.15) is 0 Å². The molecular formula is C14H18ClN. The number of halogens is 1. The van der Waals surface area contributed by atoms with Gasteiger partial charge in [-0.05, 0) is 24.5 Å². The van der Waals surface area contributed by atoms with E-state index in [-0.39, 0.29) is 0 Å². The highest BCUT2D eigenvalue weighted by Gasteiger charge is 2.07. The van der Waals surface area contributed by atoms with E-state index in [1.165, 1.54) is 23.7 Å². The van der Waals surface area contributed by atoms with Crippen molar-refractivity contribution < 1.29 is 0 Å². The van der Waals surface area contributed by atoms with Crippen molar-refractivity contribution in [3.05, 3.63) is 35.5 Å². The Morgan fingerprint density at radius 2 is 2.12 bits per heavy atom. The topological polar surface area (TPSA) is 4.93 Å². The number of nitrogens with zero attached hydrogens (tertiary/aromatic N) is 1. The molecule has 2 aromatic rings. The van der Waals surface area contributed by atoms with Crippen LogP contribution in [0.15, 0.2) is 30.5 Å². The lowest BCUT2D eigenvalue weighted by atomic mass is 10.1. The quantitative estimate of drug-likeness (QED) is 0.722. The molecule has 0 fully saturated rings. The molecule has 16 heavy (non-hydrogen) atoms. The van der Waals surface area contributed by atoms with Gasteiger partial charge in [0.25, 0.3) is 0 Å². The van der Waals surface area contributed by atoms with E-state index in [0.717, 1.165) is 11.6 Å². The largest absolute Gasteiger partial charge is 0.346 e. The van der Waals surface area contributed by atoms with Crippen molar-refractivity contribution in [1.82, 2.24) is 4.57 Å². The number of para-hydroxylation sites is 1. The lowest BCUT2D eigenvalue weighted by Gasteiger charge is -2.13. The molecule has 0 aliphatic rings. The first kappa shape index (κ1) is 11.5. The average molecular weight is 236 g/mol. The zero-order valence-corrected chi connectivity index (χ0v) is 10.7. The van der Waals surface area contributed by atoms with Crippen molar-refractivity contribution in [3.63, 3.8) is 0 Å². The molecule has 0 amide bonds. The van der Waals surface area contributed by atoms with Crippen LogP contribution in [0.3, 0.4) is 0 Å². The predicted molar refractivity (Wildman–Crippen MR) is 71.0 cm³/mol. The molecule has 2 heteroatoms. The summed E-state index contributed by atoms with van der Waals surface area (Å²) in [6.07, 6.45) is 4.65. The number of hydrogen-bond donors (Lipinski definition) is 0. The van der Waals surface area contributed by atoms with Gasteiger partial charge in [-0.15, -0.1) is 0 Å². The molecule has 86 valence electrons. The van der Waals surface area contributed by atoms with Gasteiger partial charge in [0, 0.05) is 18.1 Å². The molecule has 0 saturated heterocycles. The van der Waals surface area contributed by atoms with Gasteiger partial charge < -0.3 is 4.57 Å². The van der Waals surface area contributed by atoms with Crippen molar-refractivity contribution in [2.45, 2.75) is 33.2 Å². The van der Waals surface area contributed by atoms with Crippen molar-refractivity contribution >= 4 is 22.5 Å². The number of hydrogen-bond acceptors (Lipinski definition) is 0. The highest BCUT2D eigenvalue weighted by atomic mass is 35.5. The van der Waals surface area contributed by atoms with E-state index in [1.54, 1.807) is 0 Å².